The molecule has 0 fully saturated rings. The van der Waals surface area contributed by atoms with Crippen molar-refractivity contribution in [3.63, 3.8) is 0 Å². The fourth-order valence-electron chi connectivity index (χ4n) is 3.59. The fraction of sp³-hybridized carbons (Fsp3) is 0.435. The molecule has 1 amide bonds. The molecule has 1 aromatic heterocycles. The Bertz CT molecular complexity index is 980. The van der Waals surface area contributed by atoms with Crippen LogP contribution in [0.25, 0.3) is 11.3 Å². The van der Waals surface area contributed by atoms with Gasteiger partial charge in [0.2, 0.25) is 5.91 Å². The van der Waals surface area contributed by atoms with E-state index in [1.165, 1.54) is 0 Å². The summed E-state index contributed by atoms with van der Waals surface area (Å²) in [4.78, 5) is 26.5. The lowest BCUT2D eigenvalue weighted by atomic mass is 9.90. The van der Waals surface area contributed by atoms with Gasteiger partial charge in [0.05, 0.1) is 12.2 Å². The number of aromatic amines is 1. The number of rotatable bonds is 9. The molecule has 0 bridgehead atoms. The van der Waals surface area contributed by atoms with Crippen molar-refractivity contribution >= 4 is 23.4 Å². The Morgan fingerprint density at radius 1 is 1.30 bits per heavy atom. The van der Waals surface area contributed by atoms with Gasteiger partial charge in [-0.2, -0.15) is 16.9 Å². The summed E-state index contributed by atoms with van der Waals surface area (Å²) in [5.74, 6) is 4.33. The standard InChI is InChI=1S/C23H28N4O2S/c1-3-12-27(2)13-15-30-14-11-21(28)24-18-8-6-7-17(16-18)22-19-9-4-5-10-20(19)23(29)26-25-22/h1,6-8,16H,4-5,9-15H2,2H3,(H,24,28)(H,26,29). The number of fused-ring (bicyclic) bond motifs is 1. The lowest BCUT2D eigenvalue weighted by Crippen LogP contribution is -2.21. The molecule has 0 unspecified atom stereocenters. The van der Waals surface area contributed by atoms with E-state index in [1.54, 1.807) is 11.8 Å². The first-order valence-electron chi connectivity index (χ1n) is 10.3. The van der Waals surface area contributed by atoms with Crippen LogP contribution in [0.3, 0.4) is 0 Å². The van der Waals surface area contributed by atoms with Crippen LogP contribution in [0, 0.1) is 12.3 Å². The van der Waals surface area contributed by atoms with Crippen LogP contribution in [0.5, 0.6) is 0 Å². The minimum atomic E-state index is -0.0825. The van der Waals surface area contributed by atoms with Gasteiger partial charge in [-0.3, -0.25) is 14.5 Å². The average Bonchev–Trinajstić information content (AvgIpc) is 2.74. The molecule has 0 radical (unpaired) electrons. The Kier molecular flexibility index (Phi) is 8.12. The van der Waals surface area contributed by atoms with Crippen molar-refractivity contribution in [2.24, 2.45) is 0 Å². The topological polar surface area (TPSA) is 78.1 Å². The first-order valence-corrected chi connectivity index (χ1v) is 11.4. The average molecular weight is 425 g/mol. The Balaban J connectivity index is 1.57. The van der Waals surface area contributed by atoms with E-state index in [-0.39, 0.29) is 11.5 Å². The van der Waals surface area contributed by atoms with Crippen LogP contribution in [0.2, 0.25) is 0 Å². The summed E-state index contributed by atoms with van der Waals surface area (Å²) in [5.41, 5.74) is 4.28. The third-order valence-electron chi connectivity index (χ3n) is 5.17. The summed E-state index contributed by atoms with van der Waals surface area (Å²) < 4.78 is 0. The monoisotopic (exact) mass is 424 g/mol. The highest BCUT2D eigenvalue weighted by Gasteiger charge is 2.19. The third-order valence-corrected chi connectivity index (χ3v) is 6.13. The summed E-state index contributed by atoms with van der Waals surface area (Å²) in [6.07, 6.45) is 9.52. The Morgan fingerprint density at radius 2 is 2.10 bits per heavy atom. The summed E-state index contributed by atoms with van der Waals surface area (Å²) in [5, 5.41) is 9.92. The van der Waals surface area contributed by atoms with Crippen molar-refractivity contribution < 1.29 is 4.79 Å². The van der Waals surface area contributed by atoms with Gasteiger partial charge in [0.25, 0.3) is 5.56 Å². The number of H-pyrrole nitrogens is 1. The van der Waals surface area contributed by atoms with Crippen molar-refractivity contribution in [1.29, 1.82) is 0 Å². The van der Waals surface area contributed by atoms with E-state index in [1.807, 2.05) is 31.3 Å². The van der Waals surface area contributed by atoms with Crippen molar-refractivity contribution in [2.75, 3.05) is 37.0 Å². The highest BCUT2D eigenvalue weighted by atomic mass is 32.2. The van der Waals surface area contributed by atoms with Gasteiger partial charge >= 0.3 is 0 Å². The molecule has 1 aliphatic carbocycles. The van der Waals surface area contributed by atoms with E-state index in [0.717, 1.165) is 71.8 Å². The number of nitrogens with zero attached hydrogens (tertiary/aromatic N) is 2. The van der Waals surface area contributed by atoms with Crippen molar-refractivity contribution in [2.45, 2.75) is 32.1 Å². The van der Waals surface area contributed by atoms with E-state index in [9.17, 15) is 9.59 Å². The van der Waals surface area contributed by atoms with Crippen molar-refractivity contribution in [3.05, 3.63) is 45.7 Å². The van der Waals surface area contributed by atoms with Crippen LogP contribution in [-0.4, -0.2) is 52.6 Å². The molecule has 0 spiro atoms. The molecule has 30 heavy (non-hydrogen) atoms. The van der Waals surface area contributed by atoms with Gasteiger partial charge in [0.15, 0.2) is 0 Å². The molecule has 6 nitrogen and oxygen atoms in total. The molecule has 1 aliphatic rings. The van der Waals surface area contributed by atoms with E-state index in [2.05, 4.69) is 26.3 Å². The van der Waals surface area contributed by atoms with Crippen LogP contribution in [0.1, 0.15) is 30.4 Å². The Labute approximate surface area is 181 Å². The van der Waals surface area contributed by atoms with Gasteiger partial charge in [-0.1, -0.05) is 18.1 Å². The molecular formula is C23H28N4O2S. The number of hydrogen-bond acceptors (Lipinski definition) is 5. The second-order valence-electron chi connectivity index (χ2n) is 7.50. The number of aromatic nitrogens is 2. The van der Waals surface area contributed by atoms with Gasteiger partial charge in [0, 0.05) is 41.3 Å². The van der Waals surface area contributed by atoms with Gasteiger partial charge < -0.3 is 5.32 Å². The number of amides is 1. The van der Waals surface area contributed by atoms with E-state index in [0.29, 0.717) is 13.0 Å². The largest absolute Gasteiger partial charge is 0.326 e. The quantitative estimate of drug-likeness (QED) is 0.478. The molecule has 2 aromatic rings. The maximum absolute atomic E-state index is 12.3. The van der Waals surface area contributed by atoms with E-state index in [4.69, 9.17) is 6.42 Å². The van der Waals surface area contributed by atoms with Crippen molar-refractivity contribution in [1.82, 2.24) is 15.1 Å². The number of hydrogen-bond donors (Lipinski definition) is 2. The Morgan fingerprint density at radius 3 is 2.90 bits per heavy atom. The van der Waals surface area contributed by atoms with Crippen LogP contribution >= 0.6 is 11.8 Å². The number of benzene rings is 1. The molecule has 7 heteroatoms. The van der Waals surface area contributed by atoms with Gasteiger partial charge in [-0.25, -0.2) is 5.10 Å². The summed E-state index contributed by atoms with van der Waals surface area (Å²) >= 11 is 1.75. The molecule has 0 saturated carbocycles. The number of carbonyl (C=O) groups is 1. The van der Waals surface area contributed by atoms with Crippen LogP contribution in [0.4, 0.5) is 5.69 Å². The highest BCUT2D eigenvalue weighted by molar-refractivity contribution is 7.99. The summed E-state index contributed by atoms with van der Waals surface area (Å²) in [6, 6.07) is 7.67. The van der Waals surface area contributed by atoms with Gasteiger partial charge in [-0.05, 0) is 50.4 Å². The van der Waals surface area contributed by atoms with Gasteiger partial charge in [-0.15, -0.1) is 6.42 Å². The predicted molar refractivity (Wildman–Crippen MR) is 124 cm³/mol. The number of carbonyl (C=O) groups excluding carboxylic acids is 1. The number of terminal acetylenes is 1. The minimum absolute atomic E-state index is 0.00640. The lowest BCUT2D eigenvalue weighted by molar-refractivity contribution is -0.115. The molecule has 158 valence electrons. The summed E-state index contributed by atoms with van der Waals surface area (Å²) in [7, 11) is 1.99. The minimum Gasteiger partial charge on any atom is -0.326 e. The van der Waals surface area contributed by atoms with Crippen LogP contribution in [-0.2, 0) is 17.6 Å². The zero-order chi connectivity index (χ0) is 21.3. The smallest absolute Gasteiger partial charge is 0.267 e. The molecule has 0 aliphatic heterocycles. The third kappa shape index (κ3) is 5.97. The first kappa shape index (κ1) is 22.1. The molecule has 1 heterocycles. The SMILES string of the molecule is C#CCN(C)CCSCCC(=O)Nc1cccc(-c2n[nH]c(=O)c3c2CCCC3)c1. The number of thioether (sulfide) groups is 1. The maximum Gasteiger partial charge on any atom is 0.267 e. The molecule has 0 saturated heterocycles. The van der Waals surface area contributed by atoms with Gasteiger partial charge in [0.1, 0.15) is 0 Å². The molecule has 1 aromatic carbocycles. The zero-order valence-electron chi connectivity index (χ0n) is 17.4. The van der Waals surface area contributed by atoms with E-state index < -0.39 is 0 Å². The lowest BCUT2D eigenvalue weighted by Gasteiger charge is -2.17. The number of nitrogens with one attached hydrogen (secondary N) is 2. The van der Waals surface area contributed by atoms with Crippen molar-refractivity contribution in [3.8, 4) is 23.6 Å². The highest BCUT2D eigenvalue weighted by Crippen LogP contribution is 2.29. The van der Waals surface area contributed by atoms with Crippen LogP contribution in [0.15, 0.2) is 29.1 Å². The normalized spacial score (nSPS) is 13.0. The first-order chi connectivity index (χ1) is 14.6. The maximum atomic E-state index is 12.3. The zero-order valence-corrected chi connectivity index (χ0v) is 18.2. The molecular weight excluding hydrogens is 396 g/mol. The molecule has 2 N–H and O–H groups in total. The fourth-order valence-corrected chi connectivity index (χ4v) is 4.56. The number of anilines is 1. The molecule has 3 rings (SSSR count). The second-order valence-corrected chi connectivity index (χ2v) is 8.72. The van der Waals surface area contributed by atoms with Crippen LogP contribution < -0.4 is 10.9 Å². The molecule has 0 atom stereocenters. The summed E-state index contributed by atoms with van der Waals surface area (Å²) in [6.45, 7) is 1.56. The predicted octanol–water partition coefficient (Wildman–Crippen LogP) is 2.94. The second kappa shape index (κ2) is 11.0. The van der Waals surface area contributed by atoms with E-state index >= 15 is 0 Å². The Hall–Kier alpha value is -2.56.